The topological polar surface area (TPSA) is 78.5 Å². The minimum atomic E-state index is -3.24. The molecule has 1 aromatic carbocycles. The second kappa shape index (κ2) is 7.79. The van der Waals surface area contributed by atoms with Crippen molar-refractivity contribution in [1.82, 2.24) is 14.9 Å². The quantitative estimate of drug-likeness (QED) is 0.853. The highest BCUT2D eigenvalue weighted by atomic mass is 32.2. The van der Waals surface area contributed by atoms with E-state index in [2.05, 4.69) is 17.0 Å². The van der Waals surface area contributed by atoms with Crippen LogP contribution in [0.4, 0.5) is 4.79 Å². The molecule has 2 N–H and O–H groups in total. The molecule has 1 aromatic rings. The van der Waals surface area contributed by atoms with Gasteiger partial charge in [0.15, 0.2) is 0 Å². The Morgan fingerprint density at radius 3 is 2.70 bits per heavy atom. The summed E-state index contributed by atoms with van der Waals surface area (Å²) < 4.78 is 25.2. The van der Waals surface area contributed by atoms with E-state index in [1.807, 2.05) is 30.3 Å². The summed E-state index contributed by atoms with van der Waals surface area (Å²) in [4.78, 5) is 14.0. The van der Waals surface area contributed by atoms with E-state index in [4.69, 9.17) is 0 Å². The number of piperidine rings is 1. The zero-order valence-electron chi connectivity index (χ0n) is 13.7. The smallest absolute Gasteiger partial charge is 0.317 e. The molecule has 23 heavy (non-hydrogen) atoms. The van der Waals surface area contributed by atoms with Gasteiger partial charge in [-0.1, -0.05) is 37.3 Å². The van der Waals surface area contributed by atoms with Crippen LogP contribution < -0.4 is 10.0 Å². The third kappa shape index (κ3) is 5.84. The molecule has 0 aromatic heterocycles. The van der Waals surface area contributed by atoms with E-state index in [0.717, 1.165) is 19.1 Å². The number of likely N-dealkylation sites (tertiary alicyclic amines) is 1. The van der Waals surface area contributed by atoms with E-state index < -0.39 is 10.0 Å². The molecule has 1 aliphatic heterocycles. The lowest BCUT2D eigenvalue weighted by Crippen LogP contribution is -2.52. The van der Waals surface area contributed by atoms with Crippen LogP contribution in [0.1, 0.15) is 31.2 Å². The first-order valence-electron chi connectivity index (χ1n) is 7.90. The first-order valence-corrected chi connectivity index (χ1v) is 9.79. The van der Waals surface area contributed by atoms with Crippen LogP contribution in [0.15, 0.2) is 30.3 Å². The number of benzene rings is 1. The Labute approximate surface area is 138 Å². The van der Waals surface area contributed by atoms with Crippen molar-refractivity contribution in [2.24, 2.45) is 0 Å². The number of sulfonamides is 1. The van der Waals surface area contributed by atoms with E-state index in [1.165, 1.54) is 5.56 Å². The van der Waals surface area contributed by atoms with Crippen LogP contribution in [-0.2, 0) is 10.0 Å². The molecule has 0 bridgehead atoms. The van der Waals surface area contributed by atoms with Crippen LogP contribution in [0.25, 0.3) is 0 Å². The molecule has 1 saturated heterocycles. The minimum Gasteiger partial charge on any atom is -0.337 e. The summed E-state index contributed by atoms with van der Waals surface area (Å²) in [6.45, 7) is 3.70. The number of urea groups is 1. The van der Waals surface area contributed by atoms with E-state index >= 15 is 0 Å². The van der Waals surface area contributed by atoms with Crippen molar-refractivity contribution in [2.45, 2.75) is 31.7 Å². The van der Waals surface area contributed by atoms with Gasteiger partial charge in [0.1, 0.15) is 0 Å². The van der Waals surface area contributed by atoms with Gasteiger partial charge < -0.3 is 10.2 Å². The Kier molecular flexibility index (Phi) is 6.01. The molecule has 0 aliphatic carbocycles. The van der Waals surface area contributed by atoms with Gasteiger partial charge in [-0.05, 0) is 24.3 Å². The standard InChI is InChI=1S/C16H25N3O3S/c1-13(14-7-4-3-5-8-14)11-17-16(20)19-10-6-9-15(12-19)18-23(2,21)22/h3-5,7-8,13,15,18H,6,9-12H2,1-2H3,(H,17,20)/t13-,15+/m0/s1. The van der Waals surface area contributed by atoms with Crippen LogP contribution in [0, 0.1) is 0 Å². The van der Waals surface area contributed by atoms with Crippen molar-refractivity contribution in [3.63, 3.8) is 0 Å². The predicted molar refractivity (Wildman–Crippen MR) is 90.8 cm³/mol. The van der Waals surface area contributed by atoms with Crippen LogP contribution in [0.3, 0.4) is 0 Å². The Morgan fingerprint density at radius 2 is 2.04 bits per heavy atom. The summed E-state index contributed by atoms with van der Waals surface area (Å²) in [5.74, 6) is 0.231. The lowest BCUT2D eigenvalue weighted by molar-refractivity contribution is 0.177. The van der Waals surface area contributed by atoms with Crippen molar-refractivity contribution in [3.8, 4) is 0 Å². The second-order valence-corrected chi connectivity index (χ2v) is 7.95. The van der Waals surface area contributed by atoms with Crippen LogP contribution in [-0.4, -0.2) is 51.3 Å². The van der Waals surface area contributed by atoms with Gasteiger partial charge in [-0.2, -0.15) is 0 Å². The summed E-state index contributed by atoms with van der Waals surface area (Å²) in [7, 11) is -3.24. The molecular formula is C16H25N3O3S. The summed E-state index contributed by atoms with van der Waals surface area (Å²) in [6.07, 6.45) is 2.71. The number of hydrogen-bond acceptors (Lipinski definition) is 3. The van der Waals surface area contributed by atoms with E-state index in [0.29, 0.717) is 19.6 Å². The van der Waals surface area contributed by atoms with Gasteiger partial charge in [0.2, 0.25) is 10.0 Å². The Morgan fingerprint density at radius 1 is 1.35 bits per heavy atom. The number of amides is 2. The highest BCUT2D eigenvalue weighted by molar-refractivity contribution is 7.88. The summed E-state index contributed by atoms with van der Waals surface area (Å²) in [5, 5.41) is 2.94. The normalized spacial score (nSPS) is 20.1. The number of nitrogens with zero attached hydrogens (tertiary/aromatic N) is 1. The van der Waals surface area contributed by atoms with Crippen LogP contribution >= 0.6 is 0 Å². The van der Waals surface area contributed by atoms with Crippen LogP contribution in [0.2, 0.25) is 0 Å². The third-order valence-corrected chi connectivity index (χ3v) is 4.78. The minimum absolute atomic E-state index is 0.132. The highest BCUT2D eigenvalue weighted by Crippen LogP contribution is 2.14. The Hall–Kier alpha value is -1.60. The average Bonchev–Trinajstić information content (AvgIpc) is 2.51. The van der Waals surface area contributed by atoms with Crippen molar-refractivity contribution < 1.29 is 13.2 Å². The van der Waals surface area contributed by atoms with E-state index in [1.54, 1.807) is 4.90 Å². The highest BCUT2D eigenvalue weighted by Gasteiger charge is 2.25. The maximum Gasteiger partial charge on any atom is 0.317 e. The summed E-state index contributed by atoms with van der Waals surface area (Å²) >= 11 is 0. The maximum atomic E-state index is 12.3. The van der Waals surface area contributed by atoms with Crippen molar-refractivity contribution in [3.05, 3.63) is 35.9 Å². The Balaban J connectivity index is 1.83. The van der Waals surface area contributed by atoms with Gasteiger partial charge in [-0.15, -0.1) is 0 Å². The third-order valence-electron chi connectivity index (χ3n) is 4.02. The first kappa shape index (κ1) is 17.7. The van der Waals surface area contributed by atoms with Gasteiger partial charge in [-0.25, -0.2) is 17.9 Å². The Bertz CT molecular complexity index is 619. The lowest BCUT2D eigenvalue weighted by Gasteiger charge is -2.33. The zero-order chi connectivity index (χ0) is 16.9. The first-order chi connectivity index (χ1) is 10.8. The average molecular weight is 339 g/mol. The molecular weight excluding hydrogens is 314 g/mol. The zero-order valence-corrected chi connectivity index (χ0v) is 14.5. The van der Waals surface area contributed by atoms with Crippen molar-refractivity contribution >= 4 is 16.1 Å². The van der Waals surface area contributed by atoms with Gasteiger partial charge in [-0.3, -0.25) is 0 Å². The molecule has 2 amide bonds. The fourth-order valence-corrected chi connectivity index (χ4v) is 3.61. The number of hydrogen-bond donors (Lipinski definition) is 2. The molecule has 0 unspecified atom stereocenters. The summed E-state index contributed by atoms with van der Waals surface area (Å²) in [5.41, 5.74) is 1.18. The SMILES string of the molecule is C[C@@H](CNC(=O)N1CCC[C@@H](NS(C)(=O)=O)C1)c1ccccc1. The van der Waals surface area contributed by atoms with E-state index in [9.17, 15) is 13.2 Å². The molecule has 6 nitrogen and oxygen atoms in total. The van der Waals surface area contributed by atoms with Gasteiger partial charge in [0.25, 0.3) is 0 Å². The fraction of sp³-hybridized carbons (Fsp3) is 0.562. The fourth-order valence-electron chi connectivity index (χ4n) is 2.81. The molecule has 1 heterocycles. The monoisotopic (exact) mass is 339 g/mol. The summed E-state index contributed by atoms with van der Waals surface area (Å²) in [6, 6.07) is 9.70. The van der Waals surface area contributed by atoms with Gasteiger partial charge in [0.05, 0.1) is 6.26 Å². The molecule has 1 fully saturated rings. The second-order valence-electron chi connectivity index (χ2n) is 6.17. The van der Waals surface area contributed by atoms with E-state index in [-0.39, 0.29) is 18.0 Å². The molecule has 0 radical (unpaired) electrons. The lowest BCUT2D eigenvalue weighted by atomic mass is 10.0. The molecule has 0 spiro atoms. The molecule has 128 valence electrons. The molecule has 2 atom stereocenters. The molecule has 0 saturated carbocycles. The molecule has 7 heteroatoms. The number of nitrogens with one attached hydrogen (secondary N) is 2. The van der Waals surface area contributed by atoms with Crippen LogP contribution in [0.5, 0.6) is 0 Å². The predicted octanol–water partition coefficient (Wildman–Crippen LogP) is 1.51. The van der Waals surface area contributed by atoms with Crippen molar-refractivity contribution in [2.75, 3.05) is 25.9 Å². The largest absolute Gasteiger partial charge is 0.337 e. The molecule has 2 rings (SSSR count). The number of carbonyl (C=O) groups is 1. The van der Waals surface area contributed by atoms with Gasteiger partial charge in [0, 0.05) is 25.7 Å². The molecule has 1 aliphatic rings. The van der Waals surface area contributed by atoms with Crippen molar-refractivity contribution in [1.29, 1.82) is 0 Å². The number of carbonyl (C=O) groups excluding carboxylic acids is 1. The maximum absolute atomic E-state index is 12.3. The number of rotatable bonds is 5. The van der Waals surface area contributed by atoms with Gasteiger partial charge >= 0.3 is 6.03 Å².